The summed E-state index contributed by atoms with van der Waals surface area (Å²) in [6.45, 7) is 0.420. The Bertz CT molecular complexity index is 481. The third-order valence-electron chi connectivity index (χ3n) is 3.12. The van der Waals surface area contributed by atoms with Gasteiger partial charge in [0.15, 0.2) is 0 Å². The minimum Gasteiger partial charge on any atom is -0.514 e. The van der Waals surface area contributed by atoms with E-state index >= 15 is 0 Å². The SMILES string of the molecule is COc1ccc(COC2(/C(C#N)=C/O)CC2)cc1. The number of rotatable bonds is 5. The zero-order chi connectivity index (χ0) is 13.0. The number of hydrogen-bond donors (Lipinski definition) is 1. The van der Waals surface area contributed by atoms with E-state index in [0.29, 0.717) is 12.2 Å². The number of nitriles is 1. The molecule has 1 aromatic carbocycles. The first kappa shape index (κ1) is 12.5. The van der Waals surface area contributed by atoms with Crippen molar-refractivity contribution >= 4 is 0 Å². The van der Waals surface area contributed by atoms with Crippen LogP contribution < -0.4 is 4.74 Å². The Balaban J connectivity index is 1.97. The molecule has 18 heavy (non-hydrogen) atoms. The van der Waals surface area contributed by atoms with Crippen molar-refractivity contribution in [3.8, 4) is 11.8 Å². The summed E-state index contributed by atoms with van der Waals surface area (Å²) in [6.07, 6.45) is 2.41. The monoisotopic (exact) mass is 245 g/mol. The van der Waals surface area contributed by atoms with Gasteiger partial charge in [0.1, 0.15) is 17.4 Å². The molecule has 1 aromatic rings. The molecule has 0 saturated heterocycles. The van der Waals surface area contributed by atoms with Gasteiger partial charge in [-0.25, -0.2) is 0 Å². The molecule has 1 fully saturated rings. The summed E-state index contributed by atoms with van der Waals surface area (Å²) in [5.41, 5.74) is 0.747. The fraction of sp³-hybridized carbons (Fsp3) is 0.357. The van der Waals surface area contributed by atoms with Gasteiger partial charge in [-0.05, 0) is 30.5 Å². The summed E-state index contributed by atoms with van der Waals surface area (Å²) < 4.78 is 10.8. The molecule has 2 rings (SSSR count). The maximum absolute atomic E-state index is 8.99. The van der Waals surface area contributed by atoms with E-state index in [2.05, 4.69) is 0 Å². The molecule has 0 spiro atoms. The van der Waals surface area contributed by atoms with Gasteiger partial charge in [-0.3, -0.25) is 0 Å². The first-order valence-corrected chi connectivity index (χ1v) is 5.76. The second-order valence-electron chi connectivity index (χ2n) is 4.29. The van der Waals surface area contributed by atoms with Crippen LogP contribution in [0.4, 0.5) is 0 Å². The maximum atomic E-state index is 8.99. The molecule has 1 aliphatic carbocycles. The van der Waals surface area contributed by atoms with E-state index < -0.39 is 5.60 Å². The number of benzene rings is 1. The largest absolute Gasteiger partial charge is 0.514 e. The topological polar surface area (TPSA) is 62.5 Å². The summed E-state index contributed by atoms with van der Waals surface area (Å²) in [5, 5.41) is 17.9. The Morgan fingerprint density at radius 1 is 1.44 bits per heavy atom. The van der Waals surface area contributed by atoms with Gasteiger partial charge < -0.3 is 14.6 Å². The first-order chi connectivity index (χ1) is 8.74. The molecule has 0 aromatic heterocycles. The molecule has 0 heterocycles. The van der Waals surface area contributed by atoms with Gasteiger partial charge >= 0.3 is 0 Å². The number of ether oxygens (including phenoxy) is 2. The van der Waals surface area contributed by atoms with Gasteiger partial charge in [-0.15, -0.1) is 0 Å². The van der Waals surface area contributed by atoms with E-state index in [4.69, 9.17) is 19.8 Å². The van der Waals surface area contributed by atoms with Gasteiger partial charge in [0.25, 0.3) is 0 Å². The van der Waals surface area contributed by atoms with Gasteiger partial charge in [-0.2, -0.15) is 5.26 Å². The van der Waals surface area contributed by atoms with E-state index in [1.165, 1.54) is 0 Å². The van der Waals surface area contributed by atoms with Gasteiger partial charge in [-0.1, -0.05) is 12.1 Å². The Morgan fingerprint density at radius 2 is 2.11 bits per heavy atom. The highest BCUT2D eigenvalue weighted by Crippen LogP contribution is 2.46. The zero-order valence-electron chi connectivity index (χ0n) is 10.2. The Morgan fingerprint density at radius 3 is 2.56 bits per heavy atom. The second-order valence-corrected chi connectivity index (χ2v) is 4.29. The molecule has 94 valence electrons. The predicted molar refractivity (Wildman–Crippen MR) is 66.1 cm³/mol. The smallest absolute Gasteiger partial charge is 0.118 e. The van der Waals surface area contributed by atoms with Gasteiger partial charge in [0.05, 0.1) is 25.6 Å². The van der Waals surface area contributed by atoms with E-state index in [9.17, 15) is 0 Å². The van der Waals surface area contributed by atoms with Crippen LogP contribution in [0.2, 0.25) is 0 Å². The molecular formula is C14H15NO3. The summed E-state index contributed by atoms with van der Waals surface area (Å²) >= 11 is 0. The van der Waals surface area contributed by atoms with Crippen molar-refractivity contribution in [2.45, 2.75) is 25.0 Å². The molecule has 0 unspecified atom stereocenters. The zero-order valence-corrected chi connectivity index (χ0v) is 10.2. The molecule has 0 radical (unpaired) electrons. The lowest BCUT2D eigenvalue weighted by atomic mass is 10.1. The highest BCUT2D eigenvalue weighted by molar-refractivity contribution is 5.35. The quantitative estimate of drug-likeness (QED) is 0.640. The molecule has 4 nitrogen and oxygen atoms in total. The Kier molecular flexibility index (Phi) is 3.54. The summed E-state index contributed by atoms with van der Waals surface area (Å²) in [4.78, 5) is 0. The fourth-order valence-corrected chi connectivity index (χ4v) is 1.80. The number of aliphatic hydroxyl groups is 1. The first-order valence-electron chi connectivity index (χ1n) is 5.76. The van der Waals surface area contributed by atoms with Crippen molar-refractivity contribution in [3.63, 3.8) is 0 Å². The van der Waals surface area contributed by atoms with Crippen molar-refractivity contribution in [2.24, 2.45) is 0 Å². The highest BCUT2D eigenvalue weighted by Gasteiger charge is 2.48. The average Bonchev–Trinajstić information content (AvgIpc) is 3.19. The van der Waals surface area contributed by atoms with E-state index in [0.717, 1.165) is 30.4 Å². The Labute approximate surface area is 106 Å². The highest BCUT2D eigenvalue weighted by atomic mass is 16.5. The van der Waals surface area contributed by atoms with Crippen LogP contribution >= 0.6 is 0 Å². The van der Waals surface area contributed by atoms with Crippen molar-refractivity contribution in [3.05, 3.63) is 41.7 Å². The van der Waals surface area contributed by atoms with Crippen molar-refractivity contribution < 1.29 is 14.6 Å². The maximum Gasteiger partial charge on any atom is 0.118 e. The number of methoxy groups -OCH3 is 1. The van der Waals surface area contributed by atoms with Crippen LogP contribution in [0.15, 0.2) is 36.1 Å². The minimum absolute atomic E-state index is 0.302. The second kappa shape index (κ2) is 5.11. The lowest BCUT2D eigenvalue weighted by Crippen LogP contribution is -2.16. The molecule has 0 aliphatic heterocycles. The molecule has 0 atom stereocenters. The molecule has 0 amide bonds. The van der Waals surface area contributed by atoms with Crippen LogP contribution in [0, 0.1) is 11.3 Å². The van der Waals surface area contributed by atoms with E-state index in [-0.39, 0.29) is 0 Å². The fourth-order valence-electron chi connectivity index (χ4n) is 1.80. The third kappa shape index (κ3) is 2.47. The summed E-state index contributed by atoms with van der Waals surface area (Å²) in [7, 11) is 1.62. The van der Waals surface area contributed by atoms with Gasteiger partial charge in [0.2, 0.25) is 0 Å². The molecule has 1 aliphatic rings. The third-order valence-corrected chi connectivity index (χ3v) is 3.12. The lowest BCUT2D eigenvalue weighted by molar-refractivity contribution is 0.0470. The van der Waals surface area contributed by atoms with E-state index in [1.54, 1.807) is 7.11 Å². The number of nitrogens with zero attached hydrogens (tertiary/aromatic N) is 1. The normalized spacial score (nSPS) is 17.0. The van der Waals surface area contributed by atoms with Crippen LogP contribution in [-0.4, -0.2) is 17.8 Å². The Hall–Kier alpha value is -1.99. The summed E-state index contributed by atoms with van der Waals surface area (Å²) in [5.74, 6) is 0.799. The van der Waals surface area contributed by atoms with Crippen LogP contribution in [-0.2, 0) is 11.3 Å². The number of aliphatic hydroxyl groups excluding tert-OH is 1. The number of hydrogen-bond acceptors (Lipinski definition) is 4. The van der Waals surface area contributed by atoms with Crippen molar-refractivity contribution in [1.82, 2.24) is 0 Å². The average molecular weight is 245 g/mol. The minimum atomic E-state index is -0.566. The standard InChI is InChI=1S/C14H15NO3/c1-17-13-4-2-11(3-5-13)10-18-14(6-7-14)12(8-15)9-16/h2-5,9,16H,6-7,10H2,1H3/b12-9+. The van der Waals surface area contributed by atoms with Crippen molar-refractivity contribution in [1.29, 1.82) is 5.26 Å². The molecular weight excluding hydrogens is 230 g/mol. The molecule has 0 bridgehead atoms. The van der Waals surface area contributed by atoms with Crippen LogP contribution in [0.25, 0.3) is 0 Å². The lowest BCUT2D eigenvalue weighted by Gasteiger charge is -2.15. The predicted octanol–water partition coefficient (Wildman–Crippen LogP) is 2.71. The van der Waals surface area contributed by atoms with Crippen LogP contribution in [0.3, 0.4) is 0 Å². The van der Waals surface area contributed by atoms with Crippen molar-refractivity contribution in [2.75, 3.05) is 7.11 Å². The van der Waals surface area contributed by atoms with Crippen LogP contribution in [0.1, 0.15) is 18.4 Å². The molecule has 1 N–H and O–H groups in total. The molecule has 4 heteroatoms. The molecule has 1 saturated carbocycles. The van der Waals surface area contributed by atoms with Gasteiger partial charge in [0, 0.05) is 0 Å². The van der Waals surface area contributed by atoms with E-state index in [1.807, 2.05) is 30.3 Å². The van der Waals surface area contributed by atoms with Crippen LogP contribution in [0.5, 0.6) is 5.75 Å². The summed E-state index contributed by atoms with van der Waals surface area (Å²) in [6, 6.07) is 9.55.